The number of hydrogen-bond acceptors (Lipinski definition) is 5. The van der Waals surface area contributed by atoms with Crippen LogP contribution in [-0.4, -0.2) is 45.3 Å². The SMILES string of the molecule is CCC[C@H](N[C@H]1CCc2cc(F)cc(F)c2C1)C(=O)Nc1cn(-c2ccccc2CN[C@H](CO)C(C)(C)C)cn1. The molecule has 0 saturated heterocycles. The Labute approximate surface area is 235 Å². The van der Waals surface area contributed by atoms with Crippen LogP contribution < -0.4 is 16.0 Å². The molecule has 1 aromatic heterocycles. The highest BCUT2D eigenvalue weighted by Gasteiger charge is 2.27. The van der Waals surface area contributed by atoms with Gasteiger partial charge in [-0.3, -0.25) is 4.79 Å². The summed E-state index contributed by atoms with van der Waals surface area (Å²) >= 11 is 0. The van der Waals surface area contributed by atoms with Crippen LogP contribution in [0.2, 0.25) is 0 Å². The first-order valence-corrected chi connectivity index (χ1v) is 14.1. The molecular weight excluding hydrogens is 512 g/mol. The third kappa shape index (κ3) is 7.33. The van der Waals surface area contributed by atoms with Crippen LogP contribution in [0.25, 0.3) is 5.69 Å². The molecule has 0 fully saturated rings. The molecule has 4 rings (SSSR count). The maximum Gasteiger partial charge on any atom is 0.242 e. The van der Waals surface area contributed by atoms with Gasteiger partial charge in [-0.15, -0.1) is 0 Å². The first-order chi connectivity index (χ1) is 19.1. The van der Waals surface area contributed by atoms with E-state index in [-0.39, 0.29) is 30.0 Å². The van der Waals surface area contributed by atoms with Crippen molar-refractivity contribution < 1.29 is 18.7 Å². The molecule has 1 aliphatic carbocycles. The topological polar surface area (TPSA) is 91.2 Å². The van der Waals surface area contributed by atoms with Gasteiger partial charge in [0.1, 0.15) is 18.0 Å². The summed E-state index contributed by atoms with van der Waals surface area (Å²) in [4.78, 5) is 17.7. The predicted molar refractivity (Wildman–Crippen MR) is 153 cm³/mol. The second-order valence-electron chi connectivity index (χ2n) is 11.7. The molecule has 0 unspecified atom stereocenters. The van der Waals surface area contributed by atoms with E-state index in [1.165, 1.54) is 6.07 Å². The second kappa shape index (κ2) is 13.0. The molecule has 0 bridgehead atoms. The zero-order valence-electron chi connectivity index (χ0n) is 23.8. The van der Waals surface area contributed by atoms with Crippen molar-refractivity contribution in [3.8, 4) is 5.69 Å². The number of aliphatic hydroxyl groups excluding tert-OH is 1. The lowest BCUT2D eigenvalue weighted by Gasteiger charge is -2.30. The third-order valence-electron chi connectivity index (χ3n) is 7.67. The molecular formula is C31H41F2N5O2. The fourth-order valence-corrected chi connectivity index (χ4v) is 5.31. The number of imidazole rings is 1. The average molecular weight is 554 g/mol. The van der Waals surface area contributed by atoms with Crippen molar-refractivity contribution in [1.82, 2.24) is 20.2 Å². The largest absolute Gasteiger partial charge is 0.395 e. The number of nitrogens with zero attached hydrogens (tertiary/aromatic N) is 2. The van der Waals surface area contributed by atoms with Gasteiger partial charge >= 0.3 is 0 Å². The van der Waals surface area contributed by atoms with E-state index >= 15 is 0 Å². The molecule has 40 heavy (non-hydrogen) atoms. The van der Waals surface area contributed by atoms with Crippen LogP contribution >= 0.6 is 0 Å². The van der Waals surface area contributed by atoms with E-state index in [4.69, 9.17) is 0 Å². The predicted octanol–water partition coefficient (Wildman–Crippen LogP) is 4.90. The lowest BCUT2D eigenvalue weighted by molar-refractivity contribution is -0.118. The van der Waals surface area contributed by atoms with Crippen LogP contribution in [0.5, 0.6) is 0 Å². The van der Waals surface area contributed by atoms with Crippen LogP contribution in [0.3, 0.4) is 0 Å². The zero-order valence-corrected chi connectivity index (χ0v) is 23.8. The summed E-state index contributed by atoms with van der Waals surface area (Å²) in [6.07, 6.45) is 6.56. The summed E-state index contributed by atoms with van der Waals surface area (Å²) in [5.74, 6) is -0.828. The fourth-order valence-electron chi connectivity index (χ4n) is 5.31. The molecule has 1 heterocycles. The van der Waals surface area contributed by atoms with Crippen LogP contribution in [0.4, 0.5) is 14.6 Å². The molecule has 0 saturated carbocycles. The lowest BCUT2D eigenvalue weighted by Crippen LogP contribution is -2.48. The molecule has 216 valence electrons. The fraction of sp³-hybridized carbons (Fsp3) is 0.484. The smallest absolute Gasteiger partial charge is 0.242 e. The highest BCUT2D eigenvalue weighted by molar-refractivity contribution is 5.94. The molecule has 7 nitrogen and oxygen atoms in total. The van der Waals surface area contributed by atoms with Gasteiger partial charge in [-0.25, -0.2) is 13.8 Å². The van der Waals surface area contributed by atoms with Crippen LogP contribution in [0, 0.1) is 17.0 Å². The quantitative estimate of drug-likeness (QED) is 0.271. The minimum Gasteiger partial charge on any atom is -0.395 e. The summed E-state index contributed by atoms with van der Waals surface area (Å²) < 4.78 is 29.9. The van der Waals surface area contributed by atoms with Crippen LogP contribution in [0.15, 0.2) is 48.9 Å². The van der Waals surface area contributed by atoms with E-state index in [9.17, 15) is 18.7 Å². The summed E-state index contributed by atoms with van der Waals surface area (Å²) in [5.41, 5.74) is 3.11. The highest BCUT2D eigenvalue weighted by atomic mass is 19.1. The number of rotatable bonds is 11. The molecule has 9 heteroatoms. The Kier molecular flexibility index (Phi) is 9.71. The van der Waals surface area contributed by atoms with Gasteiger partial charge in [-0.05, 0) is 59.9 Å². The van der Waals surface area contributed by atoms with Gasteiger partial charge in [0, 0.05) is 24.7 Å². The van der Waals surface area contributed by atoms with Crippen LogP contribution in [-0.2, 0) is 24.2 Å². The molecule has 3 atom stereocenters. The van der Waals surface area contributed by atoms with E-state index in [0.717, 1.165) is 23.7 Å². The number of nitrogens with one attached hydrogen (secondary N) is 3. The van der Waals surface area contributed by atoms with Gasteiger partial charge in [-0.2, -0.15) is 0 Å². The summed E-state index contributed by atoms with van der Waals surface area (Å²) in [5, 5.41) is 19.6. The molecule has 3 aromatic rings. The van der Waals surface area contributed by atoms with E-state index < -0.39 is 17.7 Å². The number of para-hydroxylation sites is 1. The Morgan fingerprint density at radius 2 is 2.00 bits per heavy atom. The molecule has 1 aliphatic rings. The van der Waals surface area contributed by atoms with E-state index in [0.29, 0.717) is 49.2 Å². The van der Waals surface area contributed by atoms with Crippen molar-refractivity contribution >= 4 is 11.7 Å². The number of carbonyl (C=O) groups excluding carboxylic acids is 1. The number of amides is 1. The van der Waals surface area contributed by atoms with Gasteiger partial charge in [-0.1, -0.05) is 52.3 Å². The number of aromatic nitrogens is 2. The first-order valence-electron chi connectivity index (χ1n) is 14.1. The molecule has 0 aliphatic heterocycles. The summed E-state index contributed by atoms with van der Waals surface area (Å²) in [6, 6.07) is 9.67. The van der Waals surface area contributed by atoms with E-state index in [1.54, 1.807) is 12.5 Å². The normalized spacial score (nSPS) is 16.8. The number of hydrogen-bond donors (Lipinski definition) is 4. The Morgan fingerprint density at radius 3 is 2.73 bits per heavy atom. The Balaban J connectivity index is 1.42. The third-order valence-corrected chi connectivity index (χ3v) is 7.67. The van der Waals surface area contributed by atoms with Crippen molar-refractivity contribution in [1.29, 1.82) is 0 Å². The monoisotopic (exact) mass is 553 g/mol. The maximum atomic E-state index is 14.4. The second-order valence-corrected chi connectivity index (χ2v) is 11.7. The lowest BCUT2D eigenvalue weighted by atomic mass is 9.87. The van der Waals surface area contributed by atoms with Gasteiger partial charge in [0.2, 0.25) is 5.91 Å². The Morgan fingerprint density at radius 1 is 1.23 bits per heavy atom. The van der Waals surface area contributed by atoms with Gasteiger partial charge in [0.25, 0.3) is 0 Å². The minimum atomic E-state index is -0.552. The number of fused-ring (bicyclic) bond motifs is 1. The summed E-state index contributed by atoms with van der Waals surface area (Å²) in [7, 11) is 0. The highest BCUT2D eigenvalue weighted by Crippen LogP contribution is 2.26. The van der Waals surface area contributed by atoms with Crippen molar-refractivity contribution in [3.63, 3.8) is 0 Å². The molecule has 0 radical (unpaired) electrons. The van der Waals surface area contributed by atoms with Crippen molar-refractivity contribution in [3.05, 3.63) is 77.2 Å². The molecule has 0 spiro atoms. The number of benzene rings is 2. The Hall–Kier alpha value is -3.14. The standard InChI is InChI=1S/C31H41F2N5O2/c1-5-8-26(36-23-12-11-20-13-22(32)14-25(33)24(20)15-23)30(40)37-29-17-38(19-35-29)27-10-7-6-9-21(27)16-34-28(18-39)31(2,3)4/h6-7,9-10,13-14,17,19,23,26,28,34,36,39H,5,8,11-12,15-16,18H2,1-4H3,(H,37,40)/t23-,26-,28+/m0/s1. The number of anilines is 1. The Bertz CT molecular complexity index is 1300. The average Bonchev–Trinajstić information content (AvgIpc) is 3.36. The van der Waals surface area contributed by atoms with Crippen molar-refractivity contribution in [2.24, 2.45) is 5.41 Å². The van der Waals surface area contributed by atoms with Crippen molar-refractivity contribution in [2.45, 2.75) is 84.5 Å². The molecule has 4 N–H and O–H groups in total. The minimum absolute atomic E-state index is 0.0424. The summed E-state index contributed by atoms with van der Waals surface area (Å²) in [6.45, 7) is 8.89. The van der Waals surface area contributed by atoms with Gasteiger partial charge in [0.15, 0.2) is 5.82 Å². The van der Waals surface area contributed by atoms with Gasteiger partial charge in [0.05, 0.1) is 24.5 Å². The number of carbonyl (C=O) groups is 1. The number of halogens is 2. The first kappa shape index (κ1) is 29.8. The maximum absolute atomic E-state index is 14.4. The van der Waals surface area contributed by atoms with E-state index in [1.807, 2.05) is 35.8 Å². The molecule has 1 amide bonds. The van der Waals surface area contributed by atoms with Crippen LogP contribution in [0.1, 0.15) is 63.6 Å². The number of aliphatic hydroxyl groups is 1. The van der Waals surface area contributed by atoms with Gasteiger partial charge < -0.3 is 25.6 Å². The zero-order chi connectivity index (χ0) is 28.9. The number of aryl methyl sites for hydroxylation is 1. The van der Waals surface area contributed by atoms with E-state index in [2.05, 4.69) is 41.7 Å². The molecule has 2 aromatic carbocycles. The van der Waals surface area contributed by atoms with Crippen molar-refractivity contribution in [2.75, 3.05) is 11.9 Å².